The van der Waals surface area contributed by atoms with Gasteiger partial charge in [0.25, 0.3) is 5.91 Å². The molecule has 124 valence electrons. The molecule has 1 N–H and O–H groups in total. The van der Waals surface area contributed by atoms with E-state index in [1.165, 1.54) is 0 Å². The van der Waals surface area contributed by atoms with Crippen LogP contribution >= 0.6 is 0 Å². The average molecular weight is 330 g/mol. The maximum atomic E-state index is 12.1. The third kappa shape index (κ3) is 4.54. The van der Waals surface area contributed by atoms with Crippen molar-refractivity contribution in [2.75, 3.05) is 0 Å². The number of hydrazone groups is 1. The molecular weight excluding hydrogens is 312 g/mol. The number of rotatable bonds is 5. The van der Waals surface area contributed by atoms with Crippen molar-refractivity contribution in [3.8, 4) is 11.5 Å². The van der Waals surface area contributed by atoms with Crippen molar-refractivity contribution >= 4 is 12.1 Å². The van der Waals surface area contributed by atoms with Crippen LogP contribution in [0.5, 0.6) is 11.5 Å². The first-order valence-electron chi connectivity index (χ1n) is 7.94. The number of hydrogen-bond acceptors (Lipinski definition) is 3. The molecular formula is C21H18N2O2. The molecule has 3 aromatic rings. The van der Waals surface area contributed by atoms with Gasteiger partial charge in [0.15, 0.2) is 0 Å². The summed E-state index contributed by atoms with van der Waals surface area (Å²) in [5.41, 5.74) is 4.90. The molecule has 25 heavy (non-hydrogen) atoms. The maximum absolute atomic E-state index is 12.1. The first-order chi connectivity index (χ1) is 12.2. The van der Waals surface area contributed by atoms with Crippen molar-refractivity contribution in [1.82, 2.24) is 5.43 Å². The van der Waals surface area contributed by atoms with Crippen LogP contribution in [-0.2, 0) is 0 Å². The van der Waals surface area contributed by atoms with E-state index >= 15 is 0 Å². The van der Waals surface area contributed by atoms with Gasteiger partial charge in [-0.1, -0.05) is 48.5 Å². The number of aryl methyl sites for hydroxylation is 1. The highest BCUT2D eigenvalue weighted by molar-refractivity contribution is 5.96. The molecule has 3 rings (SSSR count). The number of carbonyl (C=O) groups excluding carboxylic acids is 1. The Bertz CT molecular complexity index is 889. The van der Waals surface area contributed by atoms with Crippen molar-refractivity contribution in [3.05, 3.63) is 95.6 Å². The number of nitrogens with zero attached hydrogens (tertiary/aromatic N) is 1. The molecule has 0 atom stereocenters. The van der Waals surface area contributed by atoms with Crippen LogP contribution in [-0.4, -0.2) is 12.1 Å². The van der Waals surface area contributed by atoms with E-state index in [9.17, 15) is 4.79 Å². The SMILES string of the molecule is Cc1ccccc1C(=O)N/N=C\c1cccc(Oc2ccccc2)c1. The van der Waals surface area contributed by atoms with Crippen LogP contribution in [0.1, 0.15) is 21.5 Å². The van der Waals surface area contributed by atoms with E-state index in [1.54, 1.807) is 12.3 Å². The molecule has 0 aliphatic rings. The number of para-hydroxylation sites is 1. The van der Waals surface area contributed by atoms with E-state index in [-0.39, 0.29) is 5.91 Å². The number of carbonyl (C=O) groups is 1. The summed E-state index contributed by atoms with van der Waals surface area (Å²) in [5, 5.41) is 4.03. The number of benzene rings is 3. The van der Waals surface area contributed by atoms with Gasteiger partial charge in [-0.15, -0.1) is 0 Å². The van der Waals surface area contributed by atoms with E-state index in [1.807, 2.05) is 79.7 Å². The van der Waals surface area contributed by atoms with Crippen molar-refractivity contribution in [1.29, 1.82) is 0 Å². The monoisotopic (exact) mass is 330 g/mol. The fourth-order valence-electron chi connectivity index (χ4n) is 2.34. The highest BCUT2D eigenvalue weighted by Crippen LogP contribution is 2.21. The molecule has 4 heteroatoms. The van der Waals surface area contributed by atoms with Gasteiger partial charge in [0.1, 0.15) is 11.5 Å². The third-order valence-corrected chi connectivity index (χ3v) is 3.61. The largest absolute Gasteiger partial charge is 0.457 e. The zero-order valence-corrected chi connectivity index (χ0v) is 13.8. The molecule has 0 aromatic heterocycles. The number of nitrogens with one attached hydrogen (secondary N) is 1. The van der Waals surface area contributed by atoms with E-state index in [2.05, 4.69) is 10.5 Å². The average Bonchev–Trinajstić information content (AvgIpc) is 2.63. The van der Waals surface area contributed by atoms with Crippen molar-refractivity contribution in [2.24, 2.45) is 5.10 Å². The second-order valence-electron chi connectivity index (χ2n) is 5.50. The van der Waals surface area contributed by atoms with E-state index in [4.69, 9.17) is 4.74 Å². The predicted molar refractivity (Wildman–Crippen MR) is 99.2 cm³/mol. The Hall–Kier alpha value is -3.40. The number of hydrogen-bond donors (Lipinski definition) is 1. The molecule has 0 spiro atoms. The Labute approximate surface area is 146 Å². The van der Waals surface area contributed by atoms with Crippen molar-refractivity contribution in [2.45, 2.75) is 6.92 Å². The highest BCUT2D eigenvalue weighted by atomic mass is 16.5. The van der Waals surface area contributed by atoms with E-state index < -0.39 is 0 Å². The van der Waals surface area contributed by atoms with Gasteiger partial charge in [0.2, 0.25) is 0 Å². The summed E-state index contributed by atoms with van der Waals surface area (Å²) in [7, 11) is 0. The Morgan fingerprint density at radius 2 is 1.64 bits per heavy atom. The fourth-order valence-corrected chi connectivity index (χ4v) is 2.34. The summed E-state index contributed by atoms with van der Waals surface area (Å²) in [6.07, 6.45) is 1.59. The van der Waals surface area contributed by atoms with Gasteiger partial charge in [-0.25, -0.2) is 5.43 Å². The topological polar surface area (TPSA) is 50.7 Å². The molecule has 0 saturated carbocycles. The lowest BCUT2D eigenvalue weighted by Gasteiger charge is -2.06. The molecule has 0 saturated heterocycles. The minimum absolute atomic E-state index is 0.231. The van der Waals surface area contributed by atoms with Crippen LogP contribution in [0.3, 0.4) is 0 Å². The second-order valence-corrected chi connectivity index (χ2v) is 5.50. The smallest absolute Gasteiger partial charge is 0.271 e. The van der Waals surface area contributed by atoms with Gasteiger partial charge < -0.3 is 4.74 Å². The van der Waals surface area contributed by atoms with Crippen LogP contribution in [0, 0.1) is 6.92 Å². The van der Waals surface area contributed by atoms with E-state index in [0.717, 1.165) is 16.9 Å². The zero-order valence-electron chi connectivity index (χ0n) is 13.8. The first-order valence-corrected chi connectivity index (χ1v) is 7.94. The summed E-state index contributed by atoms with van der Waals surface area (Å²) in [6.45, 7) is 1.89. The third-order valence-electron chi connectivity index (χ3n) is 3.61. The summed E-state index contributed by atoms with van der Waals surface area (Å²) >= 11 is 0. The van der Waals surface area contributed by atoms with Gasteiger partial charge in [-0.2, -0.15) is 5.10 Å². The summed E-state index contributed by atoms with van der Waals surface area (Å²) < 4.78 is 5.78. The molecule has 0 fully saturated rings. The normalized spacial score (nSPS) is 10.6. The molecule has 3 aromatic carbocycles. The molecule has 0 aliphatic carbocycles. The van der Waals surface area contributed by atoms with Crippen LogP contribution < -0.4 is 10.2 Å². The van der Waals surface area contributed by atoms with Gasteiger partial charge in [0, 0.05) is 5.56 Å². The lowest BCUT2D eigenvalue weighted by Crippen LogP contribution is -2.18. The summed E-state index contributed by atoms with van der Waals surface area (Å²) in [4.78, 5) is 12.1. The Morgan fingerprint density at radius 3 is 2.44 bits per heavy atom. The number of ether oxygens (including phenoxy) is 1. The molecule has 4 nitrogen and oxygen atoms in total. The lowest BCUT2D eigenvalue weighted by molar-refractivity contribution is 0.0954. The van der Waals surface area contributed by atoms with Gasteiger partial charge >= 0.3 is 0 Å². The van der Waals surface area contributed by atoms with Crippen LogP contribution in [0.2, 0.25) is 0 Å². The number of amides is 1. The second kappa shape index (κ2) is 7.93. The minimum atomic E-state index is -0.231. The molecule has 0 radical (unpaired) electrons. The van der Waals surface area contributed by atoms with Crippen molar-refractivity contribution in [3.63, 3.8) is 0 Å². The molecule has 0 aliphatic heterocycles. The predicted octanol–water partition coefficient (Wildman–Crippen LogP) is 4.55. The van der Waals surface area contributed by atoms with Gasteiger partial charge in [-0.3, -0.25) is 4.79 Å². The molecule has 0 heterocycles. The zero-order chi connectivity index (χ0) is 17.5. The lowest BCUT2D eigenvalue weighted by atomic mass is 10.1. The Morgan fingerprint density at radius 1 is 0.920 bits per heavy atom. The Kier molecular flexibility index (Phi) is 5.22. The van der Waals surface area contributed by atoms with Crippen LogP contribution in [0.4, 0.5) is 0 Å². The van der Waals surface area contributed by atoms with Crippen molar-refractivity contribution < 1.29 is 9.53 Å². The highest BCUT2D eigenvalue weighted by Gasteiger charge is 2.06. The van der Waals surface area contributed by atoms with Gasteiger partial charge in [0.05, 0.1) is 6.21 Å². The van der Waals surface area contributed by atoms with Crippen LogP contribution in [0.25, 0.3) is 0 Å². The summed E-state index contributed by atoms with van der Waals surface area (Å²) in [6, 6.07) is 24.4. The Balaban J connectivity index is 1.65. The standard InChI is InChI=1S/C21H18N2O2/c1-16-8-5-6-13-20(16)21(24)23-22-15-17-9-7-12-19(14-17)25-18-10-3-2-4-11-18/h2-15H,1H3,(H,23,24)/b22-15-. The quantitative estimate of drug-likeness (QED) is 0.551. The molecule has 0 bridgehead atoms. The first kappa shape index (κ1) is 16.5. The van der Waals surface area contributed by atoms with Crippen LogP contribution in [0.15, 0.2) is 84.0 Å². The van der Waals surface area contributed by atoms with E-state index in [0.29, 0.717) is 11.3 Å². The fraction of sp³-hybridized carbons (Fsp3) is 0.0476. The van der Waals surface area contributed by atoms with Gasteiger partial charge in [-0.05, 0) is 48.4 Å². The molecule has 1 amide bonds. The maximum Gasteiger partial charge on any atom is 0.271 e. The minimum Gasteiger partial charge on any atom is -0.457 e. The summed E-state index contributed by atoms with van der Waals surface area (Å²) in [5.74, 6) is 1.25. The molecule has 0 unspecified atom stereocenters.